The maximum absolute atomic E-state index is 12.9. The number of nitrogens with two attached hydrogens (primary N) is 1. The summed E-state index contributed by atoms with van der Waals surface area (Å²) < 4.78 is 48.2. The van der Waals surface area contributed by atoms with E-state index < -0.39 is 30.1 Å². The van der Waals surface area contributed by atoms with Gasteiger partial charge in [-0.2, -0.15) is 13.2 Å². The lowest BCUT2D eigenvalue weighted by Crippen LogP contribution is -2.17. The van der Waals surface area contributed by atoms with Crippen molar-refractivity contribution in [3.8, 4) is 5.75 Å². The van der Waals surface area contributed by atoms with Gasteiger partial charge in [-0.05, 0) is 37.6 Å². The molecular weight excluding hydrogens is 275 g/mol. The Hall–Kier alpha value is -1.76. The summed E-state index contributed by atoms with van der Waals surface area (Å²) in [7, 11) is 0. The third kappa shape index (κ3) is 4.73. The molecule has 1 aromatic carbocycles. The van der Waals surface area contributed by atoms with Crippen LogP contribution in [0.5, 0.6) is 5.75 Å². The molecule has 4 nitrogen and oxygen atoms in total. The fourth-order valence-corrected chi connectivity index (χ4v) is 1.59. The van der Waals surface area contributed by atoms with Gasteiger partial charge in [0.2, 0.25) is 0 Å². The van der Waals surface area contributed by atoms with Crippen LogP contribution in [0.1, 0.15) is 18.1 Å². The molecule has 0 aliphatic heterocycles. The standard InChI is InChI=1S/C13H16F3NO3/c1-2-19-12(18)8-20-11-4-3-9(5-6-17)7-10(11)13(14,15)16/h3-4,7H,2,5-6,8,17H2,1H3. The minimum absolute atomic E-state index is 0.143. The molecule has 0 spiro atoms. The lowest BCUT2D eigenvalue weighted by Gasteiger charge is -2.15. The van der Waals surface area contributed by atoms with Crippen LogP contribution in [-0.2, 0) is 22.1 Å². The van der Waals surface area contributed by atoms with Crippen LogP contribution in [0.25, 0.3) is 0 Å². The number of carbonyl (C=O) groups excluding carboxylic acids is 1. The molecule has 0 saturated heterocycles. The van der Waals surface area contributed by atoms with Crippen molar-refractivity contribution in [3.05, 3.63) is 29.3 Å². The van der Waals surface area contributed by atoms with E-state index in [1.807, 2.05) is 0 Å². The zero-order chi connectivity index (χ0) is 15.2. The van der Waals surface area contributed by atoms with Crippen LogP contribution >= 0.6 is 0 Å². The van der Waals surface area contributed by atoms with Gasteiger partial charge in [-0.1, -0.05) is 6.07 Å². The van der Waals surface area contributed by atoms with E-state index in [2.05, 4.69) is 4.74 Å². The summed E-state index contributed by atoms with van der Waals surface area (Å²) in [5.41, 5.74) is 4.85. The minimum atomic E-state index is -4.56. The maximum atomic E-state index is 12.9. The molecule has 7 heteroatoms. The van der Waals surface area contributed by atoms with Crippen molar-refractivity contribution in [2.45, 2.75) is 19.5 Å². The number of hydrogen-bond acceptors (Lipinski definition) is 4. The average Bonchev–Trinajstić information content (AvgIpc) is 2.37. The monoisotopic (exact) mass is 291 g/mol. The molecule has 1 rings (SSSR count). The summed E-state index contributed by atoms with van der Waals surface area (Å²) in [4.78, 5) is 11.1. The molecule has 0 aromatic heterocycles. The van der Waals surface area contributed by atoms with Crippen LogP contribution in [0.2, 0.25) is 0 Å². The van der Waals surface area contributed by atoms with E-state index in [0.29, 0.717) is 12.0 Å². The summed E-state index contributed by atoms with van der Waals surface area (Å²) in [5.74, 6) is -1.11. The Morgan fingerprint density at radius 2 is 2.05 bits per heavy atom. The average molecular weight is 291 g/mol. The summed E-state index contributed by atoms with van der Waals surface area (Å²) in [6.45, 7) is 1.43. The highest BCUT2D eigenvalue weighted by molar-refractivity contribution is 5.71. The topological polar surface area (TPSA) is 61.5 Å². The molecule has 2 N–H and O–H groups in total. The number of hydrogen-bond donors (Lipinski definition) is 1. The Morgan fingerprint density at radius 1 is 1.35 bits per heavy atom. The molecule has 0 radical (unpaired) electrons. The Bertz CT molecular complexity index is 461. The number of ether oxygens (including phenoxy) is 2. The predicted octanol–water partition coefficient (Wildman–Crippen LogP) is 2.15. The Labute approximate surface area is 114 Å². The molecule has 0 fully saturated rings. The largest absolute Gasteiger partial charge is 0.481 e. The Morgan fingerprint density at radius 3 is 2.60 bits per heavy atom. The van der Waals surface area contributed by atoms with Gasteiger partial charge in [0, 0.05) is 0 Å². The van der Waals surface area contributed by atoms with Crippen molar-refractivity contribution in [2.24, 2.45) is 5.73 Å². The normalized spacial score (nSPS) is 11.2. The van der Waals surface area contributed by atoms with Crippen LogP contribution in [0, 0.1) is 0 Å². The van der Waals surface area contributed by atoms with E-state index in [-0.39, 0.29) is 13.2 Å². The first-order valence-electron chi connectivity index (χ1n) is 6.07. The van der Waals surface area contributed by atoms with E-state index in [1.165, 1.54) is 12.1 Å². The van der Waals surface area contributed by atoms with Gasteiger partial charge in [-0.25, -0.2) is 4.79 Å². The molecule has 0 aliphatic carbocycles. The Balaban J connectivity index is 2.91. The van der Waals surface area contributed by atoms with Crippen LogP contribution in [0.4, 0.5) is 13.2 Å². The van der Waals surface area contributed by atoms with Gasteiger partial charge in [0.15, 0.2) is 6.61 Å². The van der Waals surface area contributed by atoms with Crippen LogP contribution in [0.3, 0.4) is 0 Å². The zero-order valence-corrected chi connectivity index (χ0v) is 11.0. The lowest BCUT2D eigenvalue weighted by molar-refractivity contribution is -0.147. The predicted molar refractivity (Wildman–Crippen MR) is 66.3 cm³/mol. The number of halogens is 3. The number of esters is 1. The van der Waals surface area contributed by atoms with Crippen LogP contribution in [-0.4, -0.2) is 25.7 Å². The van der Waals surface area contributed by atoms with Gasteiger partial charge in [0.25, 0.3) is 0 Å². The molecule has 0 aliphatic rings. The third-order valence-electron chi connectivity index (χ3n) is 2.43. The first-order chi connectivity index (χ1) is 9.38. The van der Waals surface area contributed by atoms with Crippen molar-refractivity contribution in [3.63, 3.8) is 0 Å². The Kier molecular flexibility index (Phi) is 5.82. The molecular formula is C13H16F3NO3. The van der Waals surface area contributed by atoms with Gasteiger partial charge in [-0.3, -0.25) is 0 Å². The number of rotatable bonds is 6. The number of carbonyl (C=O) groups is 1. The molecule has 0 amide bonds. The molecule has 0 unspecified atom stereocenters. The SMILES string of the molecule is CCOC(=O)COc1ccc(CCN)cc1C(F)(F)F. The van der Waals surface area contributed by atoms with Crippen molar-refractivity contribution in [2.75, 3.05) is 19.8 Å². The second kappa shape index (κ2) is 7.14. The van der Waals surface area contributed by atoms with Crippen molar-refractivity contribution in [1.82, 2.24) is 0 Å². The fraction of sp³-hybridized carbons (Fsp3) is 0.462. The quantitative estimate of drug-likeness (QED) is 0.816. The van der Waals surface area contributed by atoms with E-state index in [1.54, 1.807) is 6.92 Å². The highest BCUT2D eigenvalue weighted by Crippen LogP contribution is 2.36. The van der Waals surface area contributed by atoms with Crippen molar-refractivity contribution < 1.29 is 27.4 Å². The molecule has 0 saturated carbocycles. The summed E-state index contributed by atoms with van der Waals surface area (Å²) >= 11 is 0. The third-order valence-corrected chi connectivity index (χ3v) is 2.43. The molecule has 0 heterocycles. The van der Waals surface area contributed by atoms with Gasteiger partial charge in [-0.15, -0.1) is 0 Å². The highest BCUT2D eigenvalue weighted by atomic mass is 19.4. The molecule has 0 bridgehead atoms. The zero-order valence-electron chi connectivity index (χ0n) is 11.0. The number of benzene rings is 1. The molecule has 1 aromatic rings. The van der Waals surface area contributed by atoms with Crippen molar-refractivity contribution >= 4 is 5.97 Å². The van der Waals surface area contributed by atoms with Gasteiger partial charge in [0.1, 0.15) is 5.75 Å². The number of alkyl halides is 3. The molecule has 0 atom stereocenters. The summed E-state index contributed by atoms with van der Waals surface area (Å²) in [5, 5.41) is 0. The second-order valence-corrected chi connectivity index (χ2v) is 3.96. The van der Waals surface area contributed by atoms with Crippen LogP contribution < -0.4 is 10.5 Å². The lowest BCUT2D eigenvalue weighted by atomic mass is 10.1. The van der Waals surface area contributed by atoms with Crippen LogP contribution in [0.15, 0.2) is 18.2 Å². The first kappa shape index (κ1) is 16.3. The first-order valence-corrected chi connectivity index (χ1v) is 6.07. The summed E-state index contributed by atoms with van der Waals surface area (Å²) in [6.07, 6.45) is -4.23. The van der Waals surface area contributed by atoms with Gasteiger partial charge >= 0.3 is 12.1 Å². The minimum Gasteiger partial charge on any atom is -0.481 e. The van der Waals surface area contributed by atoms with Gasteiger partial charge in [0.05, 0.1) is 12.2 Å². The maximum Gasteiger partial charge on any atom is 0.419 e. The van der Waals surface area contributed by atoms with E-state index >= 15 is 0 Å². The highest BCUT2D eigenvalue weighted by Gasteiger charge is 2.34. The van der Waals surface area contributed by atoms with Gasteiger partial charge < -0.3 is 15.2 Å². The second-order valence-electron chi connectivity index (χ2n) is 3.96. The smallest absolute Gasteiger partial charge is 0.419 e. The fourth-order valence-electron chi connectivity index (χ4n) is 1.59. The van der Waals surface area contributed by atoms with E-state index in [9.17, 15) is 18.0 Å². The summed E-state index contributed by atoms with van der Waals surface area (Å²) in [6, 6.07) is 3.66. The molecule has 112 valence electrons. The van der Waals surface area contributed by atoms with E-state index in [4.69, 9.17) is 10.5 Å². The van der Waals surface area contributed by atoms with Crippen molar-refractivity contribution in [1.29, 1.82) is 0 Å². The molecule has 20 heavy (non-hydrogen) atoms. The van der Waals surface area contributed by atoms with E-state index in [0.717, 1.165) is 6.07 Å².